The molecule has 0 atom stereocenters. The first-order valence-electron chi connectivity index (χ1n) is 8.85. The summed E-state index contributed by atoms with van der Waals surface area (Å²) in [7, 11) is -2.32. The van der Waals surface area contributed by atoms with Crippen LogP contribution in [0.5, 0.6) is 5.75 Å². The van der Waals surface area contributed by atoms with Gasteiger partial charge in [-0.1, -0.05) is 12.1 Å². The maximum absolute atomic E-state index is 12.6. The van der Waals surface area contributed by atoms with E-state index in [0.29, 0.717) is 6.54 Å². The number of thioether (sulfide) groups is 1. The van der Waals surface area contributed by atoms with E-state index in [1.54, 1.807) is 24.3 Å². The van der Waals surface area contributed by atoms with E-state index >= 15 is 0 Å². The molecule has 0 unspecified atom stereocenters. The third kappa shape index (κ3) is 6.25. The van der Waals surface area contributed by atoms with Crippen LogP contribution in [0.1, 0.15) is 19.4 Å². The van der Waals surface area contributed by atoms with Crippen LogP contribution in [0.4, 0.5) is 0 Å². The van der Waals surface area contributed by atoms with Crippen molar-refractivity contribution in [3.63, 3.8) is 0 Å². The molecular weight excluding hydrogens is 396 g/mol. The molecule has 28 heavy (non-hydrogen) atoms. The van der Waals surface area contributed by atoms with Crippen molar-refractivity contribution in [1.82, 2.24) is 9.62 Å². The van der Waals surface area contributed by atoms with Gasteiger partial charge in [0.2, 0.25) is 15.9 Å². The summed E-state index contributed by atoms with van der Waals surface area (Å²) in [5.74, 6) is 0.358. The SMILES string of the molecule is CSc1ccc(S(=O)(=O)N(C)CC(=O)NCc2cccc(OC(C)C)c2)cc1. The minimum Gasteiger partial charge on any atom is -0.491 e. The highest BCUT2D eigenvalue weighted by Gasteiger charge is 2.22. The van der Waals surface area contributed by atoms with E-state index in [4.69, 9.17) is 4.74 Å². The largest absolute Gasteiger partial charge is 0.491 e. The monoisotopic (exact) mass is 422 g/mol. The molecule has 6 nitrogen and oxygen atoms in total. The van der Waals surface area contributed by atoms with E-state index in [9.17, 15) is 13.2 Å². The number of carbonyl (C=O) groups is 1. The van der Waals surface area contributed by atoms with Crippen molar-refractivity contribution >= 4 is 27.7 Å². The second-order valence-corrected chi connectivity index (χ2v) is 9.45. The summed E-state index contributed by atoms with van der Waals surface area (Å²) in [4.78, 5) is 13.4. The van der Waals surface area contributed by atoms with Crippen molar-refractivity contribution in [1.29, 1.82) is 0 Å². The lowest BCUT2D eigenvalue weighted by Gasteiger charge is -2.17. The fourth-order valence-corrected chi connectivity index (χ4v) is 4.01. The molecule has 0 aromatic heterocycles. The van der Waals surface area contributed by atoms with Gasteiger partial charge in [0.25, 0.3) is 0 Å². The molecule has 2 aromatic rings. The summed E-state index contributed by atoms with van der Waals surface area (Å²) >= 11 is 1.53. The Morgan fingerprint density at radius 1 is 1.18 bits per heavy atom. The van der Waals surface area contributed by atoms with Gasteiger partial charge >= 0.3 is 0 Å². The van der Waals surface area contributed by atoms with E-state index in [2.05, 4.69) is 5.32 Å². The topological polar surface area (TPSA) is 75.7 Å². The lowest BCUT2D eigenvalue weighted by molar-refractivity contribution is -0.121. The number of ether oxygens (including phenoxy) is 1. The van der Waals surface area contributed by atoms with Gasteiger partial charge in [-0.2, -0.15) is 4.31 Å². The van der Waals surface area contributed by atoms with Crippen molar-refractivity contribution in [3.05, 3.63) is 54.1 Å². The normalized spacial score (nSPS) is 11.6. The van der Waals surface area contributed by atoms with E-state index in [-0.39, 0.29) is 23.5 Å². The molecule has 152 valence electrons. The molecule has 0 spiro atoms. The molecule has 0 aliphatic carbocycles. The molecule has 0 saturated heterocycles. The van der Waals surface area contributed by atoms with Gasteiger partial charge in [-0.15, -0.1) is 11.8 Å². The molecule has 0 fully saturated rings. The quantitative estimate of drug-likeness (QED) is 0.629. The standard InChI is InChI=1S/C20H26N2O4S2/c1-15(2)26-17-7-5-6-16(12-17)13-21-20(23)14-22(3)28(24,25)19-10-8-18(27-4)9-11-19/h5-12,15H,13-14H2,1-4H3,(H,21,23). The van der Waals surface area contributed by atoms with Crippen LogP contribution in [-0.4, -0.2) is 44.6 Å². The average Bonchev–Trinajstić information content (AvgIpc) is 2.66. The molecule has 0 bridgehead atoms. The summed E-state index contributed by atoms with van der Waals surface area (Å²) in [6, 6.07) is 14.0. The second kappa shape index (κ2) is 9.95. The van der Waals surface area contributed by atoms with Crippen LogP contribution in [-0.2, 0) is 21.4 Å². The van der Waals surface area contributed by atoms with Crippen LogP contribution in [0.2, 0.25) is 0 Å². The Kier molecular flexibility index (Phi) is 7.91. The van der Waals surface area contributed by atoms with Gasteiger partial charge in [0.15, 0.2) is 0 Å². The molecule has 1 amide bonds. The van der Waals surface area contributed by atoms with Crippen molar-refractivity contribution in [3.8, 4) is 5.75 Å². The molecule has 2 aromatic carbocycles. The van der Waals surface area contributed by atoms with Gasteiger partial charge in [0, 0.05) is 18.5 Å². The molecule has 8 heteroatoms. The lowest BCUT2D eigenvalue weighted by atomic mass is 10.2. The Balaban J connectivity index is 1.94. The number of rotatable bonds is 9. The zero-order valence-corrected chi connectivity index (χ0v) is 18.1. The summed E-state index contributed by atoms with van der Waals surface area (Å²) in [6.45, 7) is 3.93. The number of hydrogen-bond donors (Lipinski definition) is 1. The molecule has 1 N–H and O–H groups in total. The highest BCUT2D eigenvalue weighted by Crippen LogP contribution is 2.20. The van der Waals surface area contributed by atoms with Crippen molar-refractivity contribution in [2.24, 2.45) is 0 Å². The van der Waals surface area contributed by atoms with Crippen LogP contribution in [0, 0.1) is 0 Å². The van der Waals surface area contributed by atoms with Crippen LogP contribution in [0.3, 0.4) is 0 Å². The van der Waals surface area contributed by atoms with Crippen LogP contribution >= 0.6 is 11.8 Å². The van der Waals surface area contributed by atoms with E-state index in [0.717, 1.165) is 20.5 Å². The Hall–Kier alpha value is -2.03. The number of nitrogens with one attached hydrogen (secondary N) is 1. The zero-order valence-electron chi connectivity index (χ0n) is 16.5. The van der Waals surface area contributed by atoms with Crippen LogP contribution in [0.15, 0.2) is 58.3 Å². The Morgan fingerprint density at radius 2 is 1.86 bits per heavy atom. The number of amides is 1. The minimum absolute atomic E-state index is 0.0636. The summed E-state index contributed by atoms with van der Waals surface area (Å²) in [5, 5.41) is 2.75. The first-order valence-corrected chi connectivity index (χ1v) is 11.5. The number of carbonyl (C=O) groups excluding carboxylic acids is 1. The third-order valence-corrected chi connectivity index (χ3v) is 6.45. The summed E-state index contributed by atoms with van der Waals surface area (Å²) in [6.07, 6.45) is 1.98. The summed E-state index contributed by atoms with van der Waals surface area (Å²) in [5.41, 5.74) is 0.879. The van der Waals surface area contributed by atoms with Crippen molar-refractivity contribution in [2.75, 3.05) is 19.8 Å². The van der Waals surface area contributed by atoms with Gasteiger partial charge in [-0.3, -0.25) is 4.79 Å². The highest BCUT2D eigenvalue weighted by molar-refractivity contribution is 7.98. The maximum Gasteiger partial charge on any atom is 0.243 e. The van der Waals surface area contributed by atoms with Crippen molar-refractivity contribution in [2.45, 2.75) is 36.3 Å². The van der Waals surface area contributed by atoms with E-state index in [1.807, 2.05) is 44.4 Å². The van der Waals surface area contributed by atoms with E-state index in [1.165, 1.54) is 18.8 Å². The Morgan fingerprint density at radius 3 is 2.46 bits per heavy atom. The van der Waals surface area contributed by atoms with Gasteiger partial charge in [-0.05, 0) is 62.1 Å². The third-order valence-electron chi connectivity index (χ3n) is 3.89. The maximum atomic E-state index is 12.6. The van der Waals surface area contributed by atoms with Gasteiger partial charge in [0.05, 0.1) is 17.5 Å². The Labute approximate surface area is 171 Å². The molecular formula is C20H26N2O4S2. The van der Waals surface area contributed by atoms with E-state index < -0.39 is 10.0 Å². The fourth-order valence-electron chi connectivity index (χ4n) is 2.47. The summed E-state index contributed by atoms with van der Waals surface area (Å²) < 4.78 is 31.9. The lowest BCUT2D eigenvalue weighted by Crippen LogP contribution is -2.38. The zero-order chi connectivity index (χ0) is 20.7. The Bertz CT molecular complexity index is 897. The minimum atomic E-state index is -3.72. The number of hydrogen-bond acceptors (Lipinski definition) is 5. The molecule has 0 aliphatic heterocycles. The fraction of sp³-hybridized carbons (Fsp3) is 0.350. The molecule has 0 saturated carbocycles. The second-order valence-electron chi connectivity index (χ2n) is 6.53. The molecule has 2 rings (SSSR count). The van der Waals surface area contributed by atoms with Gasteiger partial charge < -0.3 is 10.1 Å². The first kappa shape index (κ1) is 22.3. The van der Waals surface area contributed by atoms with Crippen LogP contribution in [0.25, 0.3) is 0 Å². The predicted molar refractivity (Wildman–Crippen MR) is 112 cm³/mol. The highest BCUT2D eigenvalue weighted by atomic mass is 32.2. The van der Waals surface area contributed by atoms with Gasteiger partial charge in [-0.25, -0.2) is 8.42 Å². The van der Waals surface area contributed by atoms with Crippen LogP contribution < -0.4 is 10.1 Å². The van der Waals surface area contributed by atoms with Crippen molar-refractivity contribution < 1.29 is 17.9 Å². The molecule has 0 aliphatic rings. The number of sulfonamides is 1. The molecule has 0 radical (unpaired) electrons. The number of likely N-dealkylation sites (N-methyl/N-ethyl adjacent to an activating group) is 1. The first-order chi connectivity index (χ1) is 13.2. The van der Waals surface area contributed by atoms with Gasteiger partial charge in [0.1, 0.15) is 5.75 Å². The predicted octanol–water partition coefficient (Wildman–Crippen LogP) is 3.13. The number of nitrogens with zero attached hydrogens (tertiary/aromatic N) is 1. The smallest absolute Gasteiger partial charge is 0.243 e. The average molecular weight is 423 g/mol. The molecule has 0 heterocycles. The number of benzene rings is 2.